The molecule has 3 nitrogen and oxygen atoms in total. The molecule has 1 heterocycles. The van der Waals surface area contributed by atoms with E-state index in [1.807, 2.05) is 24.3 Å². The summed E-state index contributed by atoms with van der Waals surface area (Å²) in [4.78, 5) is 2.44. The van der Waals surface area contributed by atoms with Crippen molar-refractivity contribution in [1.82, 2.24) is 0 Å². The highest BCUT2D eigenvalue weighted by Gasteiger charge is 2.11. The van der Waals surface area contributed by atoms with Gasteiger partial charge in [0.25, 0.3) is 0 Å². The zero-order chi connectivity index (χ0) is 14.5. The first-order valence-corrected chi connectivity index (χ1v) is 7.63. The van der Waals surface area contributed by atoms with Crippen LogP contribution in [0, 0.1) is 0 Å². The van der Waals surface area contributed by atoms with Crippen LogP contribution in [-0.2, 0) is 13.2 Å². The average Bonchev–Trinajstić information content (AvgIpc) is 3.08. The number of rotatable bonds is 5. The molecule has 0 unspecified atom stereocenters. The van der Waals surface area contributed by atoms with E-state index in [0.717, 1.165) is 17.8 Å². The highest BCUT2D eigenvalue weighted by atomic mass is 16.3. The number of hydrogen-bond acceptors (Lipinski definition) is 3. The molecule has 0 radical (unpaired) electrons. The van der Waals surface area contributed by atoms with E-state index in [-0.39, 0.29) is 6.61 Å². The fraction of sp³-hybridized carbons (Fsp3) is 0.333. The lowest BCUT2D eigenvalue weighted by Crippen LogP contribution is -2.17. The average molecular weight is 282 g/mol. The second-order valence-corrected chi connectivity index (χ2v) is 5.53. The van der Waals surface area contributed by atoms with Gasteiger partial charge in [-0.05, 0) is 36.6 Å². The van der Waals surface area contributed by atoms with Gasteiger partial charge in [-0.1, -0.05) is 30.3 Å². The Morgan fingerprint density at radius 3 is 2.38 bits per heavy atom. The first kappa shape index (κ1) is 14.0. The van der Waals surface area contributed by atoms with Crippen molar-refractivity contribution in [1.29, 1.82) is 0 Å². The Morgan fingerprint density at radius 1 is 0.952 bits per heavy atom. The van der Waals surface area contributed by atoms with Crippen LogP contribution >= 0.6 is 0 Å². The molecule has 2 aromatic rings. The number of hydrogen-bond donors (Lipinski definition) is 2. The Labute approximate surface area is 126 Å². The predicted molar refractivity (Wildman–Crippen MR) is 87.6 cm³/mol. The van der Waals surface area contributed by atoms with Crippen molar-refractivity contribution in [3.63, 3.8) is 0 Å². The van der Waals surface area contributed by atoms with Gasteiger partial charge >= 0.3 is 0 Å². The van der Waals surface area contributed by atoms with Gasteiger partial charge in [-0.3, -0.25) is 0 Å². The van der Waals surface area contributed by atoms with E-state index < -0.39 is 0 Å². The molecule has 21 heavy (non-hydrogen) atoms. The maximum atomic E-state index is 9.33. The Balaban J connectivity index is 1.62. The lowest BCUT2D eigenvalue weighted by Gasteiger charge is -2.18. The van der Waals surface area contributed by atoms with E-state index in [9.17, 15) is 5.11 Å². The number of para-hydroxylation sites is 1. The normalized spacial score (nSPS) is 14.4. The highest BCUT2D eigenvalue weighted by Crippen LogP contribution is 2.21. The minimum absolute atomic E-state index is 0.0665. The van der Waals surface area contributed by atoms with E-state index >= 15 is 0 Å². The van der Waals surface area contributed by atoms with Crippen LogP contribution in [0.25, 0.3) is 0 Å². The molecular formula is C18H22N2O. The van der Waals surface area contributed by atoms with Crippen molar-refractivity contribution < 1.29 is 5.11 Å². The second kappa shape index (κ2) is 6.64. The van der Waals surface area contributed by atoms with Crippen molar-refractivity contribution in [2.75, 3.05) is 23.3 Å². The first-order chi connectivity index (χ1) is 10.4. The molecule has 2 N–H and O–H groups in total. The number of aliphatic hydroxyl groups is 1. The zero-order valence-electron chi connectivity index (χ0n) is 12.3. The number of nitrogens with zero attached hydrogens (tertiary/aromatic N) is 1. The van der Waals surface area contributed by atoms with Crippen molar-refractivity contribution in [3.05, 3.63) is 59.7 Å². The summed E-state index contributed by atoms with van der Waals surface area (Å²) in [5, 5.41) is 12.7. The maximum Gasteiger partial charge on any atom is 0.0701 e. The van der Waals surface area contributed by atoms with Crippen molar-refractivity contribution >= 4 is 11.4 Å². The van der Waals surface area contributed by atoms with E-state index in [0.29, 0.717) is 0 Å². The highest BCUT2D eigenvalue weighted by molar-refractivity contribution is 5.52. The molecule has 0 amide bonds. The van der Waals surface area contributed by atoms with Gasteiger partial charge < -0.3 is 15.3 Å². The quantitative estimate of drug-likeness (QED) is 0.882. The molecule has 1 aliphatic rings. The van der Waals surface area contributed by atoms with Crippen LogP contribution in [0.1, 0.15) is 24.0 Å². The molecule has 2 aromatic carbocycles. The summed E-state index contributed by atoms with van der Waals surface area (Å²) >= 11 is 0. The summed E-state index contributed by atoms with van der Waals surface area (Å²) in [7, 11) is 0. The van der Waals surface area contributed by atoms with Crippen LogP contribution in [0.4, 0.5) is 11.4 Å². The zero-order valence-corrected chi connectivity index (χ0v) is 12.3. The van der Waals surface area contributed by atoms with Gasteiger partial charge in [0.2, 0.25) is 0 Å². The number of nitrogens with one attached hydrogen (secondary N) is 1. The lowest BCUT2D eigenvalue weighted by atomic mass is 10.1. The molecule has 1 saturated heterocycles. The summed E-state index contributed by atoms with van der Waals surface area (Å²) in [5.74, 6) is 0. The summed E-state index contributed by atoms with van der Waals surface area (Å²) < 4.78 is 0. The van der Waals surface area contributed by atoms with Gasteiger partial charge in [0.15, 0.2) is 0 Å². The molecule has 3 rings (SSSR count). The Bertz CT molecular complexity index is 574. The molecule has 1 aliphatic heterocycles. The van der Waals surface area contributed by atoms with Gasteiger partial charge in [-0.15, -0.1) is 0 Å². The smallest absolute Gasteiger partial charge is 0.0701 e. The summed E-state index contributed by atoms with van der Waals surface area (Å²) in [6.07, 6.45) is 2.61. The van der Waals surface area contributed by atoms with E-state index in [1.54, 1.807) is 0 Å². The third-order valence-electron chi connectivity index (χ3n) is 4.08. The van der Waals surface area contributed by atoms with Crippen LogP contribution < -0.4 is 10.2 Å². The lowest BCUT2D eigenvalue weighted by molar-refractivity contribution is 0.282. The van der Waals surface area contributed by atoms with Crippen molar-refractivity contribution in [3.8, 4) is 0 Å². The molecule has 1 fully saturated rings. The third kappa shape index (κ3) is 3.37. The van der Waals surface area contributed by atoms with Crippen LogP contribution in [0.3, 0.4) is 0 Å². The van der Waals surface area contributed by atoms with Crippen LogP contribution in [0.5, 0.6) is 0 Å². The third-order valence-corrected chi connectivity index (χ3v) is 4.08. The molecule has 0 spiro atoms. The second-order valence-electron chi connectivity index (χ2n) is 5.53. The SMILES string of the molecule is OCc1ccccc1NCc1ccc(N2CCCC2)cc1. The summed E-state index contributed by atoms with van der Waals surface area (Å²) in [6, 6.07) is 16.7. The maximum absolute atomic E-state index is 9.33. The Morgan fingerprint density at radius 2 is 1.67 bits per heavy atom. The first-order valence-electron chi connectivity index (χ1n) is 7.63. The van der Waals surface area contributed by atoms with Gasteiger partial charge in [0.1, 0.15) is 0 Å². The predicted octanol–water partition coefficient (Wildman–Crippen LogP) is 3.39. The minimum Gasteiger partial charge on any atom is -0.392 e. The summed E-state index contributed by atoms with van der Waals surface area (Å²) in [5.41, 5.74) is 4.52. The molecule has 3 heteroatoms. The molecule has 0 bridgehead atoms. The van der Waals surface area contributed by atoms with Crippen LogP contribution in [0.2, 0.25) is 0 Å². The minimum atomic E-state index is 0.0665. The van der Waals surface area contributed by atoms with E-state index in [2.05, 4.69) is 34.5 Å². The summed E-state index contributed by atoms with van der Waals surface area (Å²) in [6.45, 7) is 3.21. The standard InChI is InChI=1S/C18H22N2O/c21-14-16-5-1-2-6-18(16)19-13-15-7-9-17(10-8-15)20-11-3-4-12-20/h1-2,5-10,19,21H,3-4,11-14H2. The fourth-order valence-electron chi connectivity index (χ4n) is 2.83. The number of anilines is 2. The number of aliphatic hydroxyl groups excluding tert-OH is 1. The van der Waals surface area contributed by atoms with E-state index in [4.69, 9.17) is 0 Å². The fourth-order valence-corrected chi connectivity index (χ4v) is 2.83. The molecule has 110 valence electrons. The number of benzene rings is 2. The molecule has 0 aliphatic carbocycles. The van der Waals surface area contributed by atoms with Gasteiger partial charge in [0, 0.05) is 36.6 Å². The monoisotopic (exact) mass is 282 g/mol. The Kier molecular flexibility index (Phi) is 4.41. The molecule has 0 atom stereocenters. The van der Waals surface area contributed by atoms with Gasteiger partial charge in [-0.25, -0.2) is 0 Å². The largest absolute Gasteiger partial charge is 0.392 e. The topological polar surface area (TPSA) is 35.5 Å². The molecule has 0 aromatic heterocycles. The molecule has 0 saturated carbocycles. The van der Waals surface area contributed by atoms with Crippen LogP contribution in [-0.4, -0.2) is 18.2 Å². The van der Waals surface area contributed by atoms with E-state index in [1.165, 1.54) is 37.2 Å². The van der Waals surface area contributed by atoms with Gasteiger partial charge in [-0.2, -0.15) is 0 Å². The Hall–Kier alpha value is -2.00. The van der Waals surface area contributed by atoms with Crippen LogP contribution in [0.15, 0.2) is 48.5 Å². The van der Waals surface area contributed by atoms with Crippen molar-refractivity contribution in [2.45, 2.75) is 26.0 Å². The van der Waals surface area contributed by atoms with Gasteiger partial charge in [0.05, 0.1) is 6.61 Å². The van der Waals surface area contributed by atoms with Crippen molar-refractivity contribution in [2.24, 2.45) is 0 Å². The molecular weight excluding hydrogens is 260 g/mol.